The summed E-state index contributed by atoms with van der Waals surface area (Å²) in [5.41, 5.74) is 0.110. The zero-order valence-corrected chi connectivity index (χ0v) is 11.3. The highest BCUT2D eigenvalue weighted by atomic mass is 16.3. The first-order valence-electron chi connectivity index (χ1n) is 7.04. The zero-order valence-electron chi connectivity index (χ0n) is 11.3. The lowest BCUT2D eigenvalue weighted by molar-refractivity contribution is -0.00827. The summed E-state index contributed by atoms with van der Waals surface area (Å²) in [6.45, 7) is 9.44. The highest BCUT2D eigenvalue weighted by Gasteiger charge is 2.38. The summed E-state index contributed by atoms with van der Waals surface area (Å²) >= 11 is 0. The molecule has 0 aromatic rings. The van der Waals surface area contributed by atoms with Crippen LogP contribution in [0.25, 0.3) is 0 Å². The van der Waals surface area contributed by atoms with Crippen molar-refractivity contribution >= 4 is 0 Å². The summed E-state index contributed by atoms with van der Waals surface area (Å²) in [4.78, 5) is 2.55. The van der Waals surface area contributed by atoms with Crippen molar-refractivity contribution in [3.63, 3.8) is 0 Å². The van der Waals surface area contributed by atoms with Crippen molar-refractivity contribution in [3.8, 4) is 0 Å². The molecule has 16 heavy (non-hydrogen) atoms. The Hall–Kier alpha value is -0.0800. The standard InChI is InChI=1S/C14H29NO/c1-4-10-15(11-5-2)14(12-16)8-6-13(3)7-9-14/h13,16H,4-12H2,1-3H3. The van der Waals surface area contributed by atoms with Crippen molar-refractivity contribution in [3.05, 3.63) is 0 Å². The van der Waals surface area contributed by atoms with Crippen LogP contribution in [-0.4, -0.2) is 35.2 Å². The smallest absolute Gasteiger partial charge is 0.0615 e. The molecule has 1 rings (SSSR count). The molecule has 1 fully saturated rings. The van der Waals surface area contributed by atoms with Crippen molar-refractivity contribution in [2.24, 2.45) is 5.92 Å². The van der Waals surface area contributed by atoms with E-state index in [0.717, 1.165) is 19.0 Å². The first kappa shape index (κ1) is 14.0. The molecular formula is C14H29NO. The highest BCUT2D eigenvalue weighted by molar-refractivity contribution is 4.93. The molecule has 0 unspecified atom stereocenters. The van der Waals surface area contributed by atoms with Crippen LogP contribution in [0.4, 0.5) is 0 Å². The predicted octanol–water partition coefficient (Wildman–Crippen LogP) is 3.05. The summed E-state index contributed by atoms with van der Waals surface area (Å²) in [6, 6.07) is 0. The minimum atomic E-state index is 0.110. The van der Waals surface area contributed by atoms with Gasteiger partial charge in [0.15, 0.2) is 0 Å². The van der Waals surface area contributed by atoms with Crippen molar-refractivity contribution in [1.82, 2.24) is 4.90 Å². The molecule has 0 radical (unpaired) electrons. The van der Waals surface area contributed by atoms with Gasteiger partial charge in [0, 0.05) is 5.54 Å². The third-order valence-corrected chi connectivity index (χ3v) is 4.16. The monoisotopic (exact) mass is 227 g/mol. The molecule has 0 spiro atoms. The first-order chi connectivity index (χ1) is 7.68. The van der Waals surface area contributed by atoms with Gasteiger partial charge in [0.05, 0.1) is 6.61 Å². The van der Waals surface area contributed by atoms with Gasteiger partial charge in [0.2, 0.25) is 0 Å². The molecule has 0 aromatic carbocycles. The van der Waals surface area contributed by atoms with E-state index in [9.17, 15) is 5.11 Å². The van der Waals surface area contributed by atoms with Gasteiger partial charge in [-0.15, -0.1) is 0 Å². The Labute approximate surface area is 101 Å². The second-order valence-electron chi connectivity index (χ2n) is 5.55. The number of aliphatic hydroxyl groups is 1. The fraction of sp³-hybridized carbons (Fsp3) is 1.00. The van der Waals surface area contributed by atoms with Crippen molar-refractivity contribution in [2.45, 2.75) is 64.8 Å². The van der Waals surface area contributed by atoms with Crippen LogP contribution >= 0.6 is 0 Å². The van der Waals surface area contributed by atoms with Gasteiger partial charge in [-0.1, -0.05) is 20.8 Å². The highest BCUT2D eigenvalue weighted by Crippen LogP contribution is 2.36. The Kier molecular flexibility index (Phi) is 5.77. The largest absolute Gasteiger partial charge is 0.394 e. The second-order valence-corrected chi connectivity index (χ2v) is 5.55. The average molecular weight is 227 g/mol. The number of hydrogen-bond donors (Lipinski definition) is 1. The van der Waals surface area contributed by atoms with Gasteiger partial charge < -0.3 is 5.11 Å². The van der Waals surface area contributed by atoms with E-state index in [-0.39, 0.29) is 5.54 Å². The molecule has 0 bridgehead atoms. The Morgan fingerprint density at radius 3 is 2.00 bits per heavy atom. The van der Waals surface area contributed by atoms with E-state index in [2.05, 4.69) is 25.7 Å². The molecule has 1 aliphatic rings. The zero-order chi connectivity index (χ0) is 12.0. The molecular weight excluding hydrogens is 198 g/mol. The summed E-state index contributed by atoms with van der Waals surface area (Å²) < 4.78 is 0. The summed E-state index contributed by atoms with van der Waals surface area (Å²) in [6.07, 6.45) is 7.32. The molecule has 0 aliphatic heterocycles. The molecule has 2 nitrogen and oxygen atoms in total. The molecule has 96 valence electrons. The van der Waals surface area contributed by atoms with Crippen molar-refractivity contribution in [1.29, 1.82) is 0 Å². The Morgan fingerprint density at radius 2 is 1.62 bits per heavy atom. The number of nitrogens with zero attached hydrogens (tertiary/aromatic N) is 1. The SMILES string of the molecule is CCCN(CCC)C1(CO)CCC(C)CC1. The van der Waals surface area contributed by atoms with E-state index in [1.807, 2.05) is 0 Å². The molecule has 1 aliphatic carbocycles. The predicted molar refractivity (Wildman–Crippen MR) is 69.6 cm³/mol. The van der Waals surface area contributed by atoms with E-state index >= 15 is 0 Å². The van der Waals surface area contributed by atoms with Gasteiger partial charge in [-0.05, 0) is 57.5 Å². The van der Waals surface area contributed by atoms with Crippen LogP contribution in [-0.2, 0) is 0 Å². The van der Waals surface area contributed by atoms with Crippen LogP contribution in [0.2, 0.25) is 0 Å². The van der Waals surface area contributed by atoms with Crippen LogP contribution in [0, 0.1) is 5.92 Å². The number of hydrogen-bond acceptors (Lipinski definition) is 2. The van der Waals surface area contributed by atoms with Crippen molar-refractivity contribution < 1.29 is 5.11 Å². The topological polar surface area (TPSA) is 23.5 Å². The van der Waals surface area contributed by atoms with Crippen molar-refractivity contribution in [2.75, 3.05) is 19.7 Å². The first-order valence-corrected chi connectivity index (χ1v) is 7.04. The van der Waals surface area contributed by atoms with Gasteiger partial charge in [-0.25, -0.2) is 0 Å². The molecule has 1 saturated carbocycles. The fourth-order valence-electron chi connectivity index (χ4n) is 3.00. The van der Waals surface area contributed by atoms with E-state index < -0.39 is 0 Å². The van der Waals surface area contributed by atoms with Crippen LogP contribution in [0.5, 0.6) is 0 Å². The minimum Gasteiger partial charge on any atom is -0.394 e. The summed E-state index contributed by atoms with van der Waals surface area (Å²) in [5, 5.41) is 9.81. The van der Waals surface area contributed by atoms with Gasteiger partial charge in [-0.2, -0.15) is 0 Å². The normalized spacial score (nSPS) is 30.9. The average Bonchev–Trinajstić information content (AvgIpc) is 2.31. The maximum Gasteiger partial charge on any atom is 0.0615 e. The summed E-state index contributed by atoms with van der Waals surface area (Å²) in [7, 11) is 0. The van der Waals surface area contributed by atoms with Crippen LogP contribution in [0.15, 0.2) is 0 Å². The molecule has 0 saturated heterocycles. The Morgan fingerprint density at radius 1 is 1.12 bits per heavy atom. The van der Waals surface area contributed by atoms with Gasteiger partial charge >= 0.3 is 0 Å². The van der Waals surface area contributed by atoms with Gasteiger partial charge in [0.25, 0.3) is 0 Å². The van der Waals surface area contributed by atoms with E-state index in [4.69, 9.17) is 0 Å². The van der Waals surface area contributed by atoms with Gasteiger partial charge in [-0.3, -0.25) is 4.90 Å². The number of rotatable bonds is 6. The van der Waals surface area contributed by atoms with Gasteiger partial charge in [0.1, 0.15) is 0 Å². The van der Waals surface area contributed by atoms with E-state index in [1.54, 1.807) is 0 Å². The molecule has 0 atom stereocenters. The molecule has 0 amide bonds. The third kappa shape index (κ3) is 3.21. The van der Waals surface area contributed by atoms with E-state index in [1.165, 1.54) is 38.5 Å². The molecule has 0 heterocycles. The Balaban J connectivity index is 2.67. The lowest BCUT2D eigenvalue weighted by atomic mass is 9.76. The number of aliphatic hydroxyl groups excluding tert-OH is 1. The molecule has 2 heteroatoms. The lowest BCUT2D eigenvalue weighted by Gasteiger charge is -2.47. The quantitative estimate of drug-likeness (QED) is 0.754. The Bertz CT molecular complexity index is 179. The second kappa shape index (κ2) is 6.61. The summed E-state index contributed by atoms with van der Waals surface area (Å²) in [5.74, 6) is 0.852. The molecule has 1 N–H and O–H groups in total. The minimum absolute atomic E-state index is 0.110. The molecule has 0 aromatic heterocycles. The fourth-order valence-corrected chi connectivity index (χ4v) is 3.00. The van der Waals surface area contributed by atoms with Crippen LogP contribution in [0.3, 0.4) is 0 Å². The maximum atomic E-state index is 9.81. The van der Waals surface area contributed by atoms with E-state index in [0.29, 0.717) is 6.61 Å². The lowest BCUT2D eigenvalue weighted by Crippen LogP contribution is -2.54. The van der Waals surface area contributed by atoms with Crippen LogP contribution < -0.4 is 0 Å². The maximum absolute atomic E-state index is 9.81. The third-order valence-electron chi connectivity index (χ3n) is 4.16. The van der Waals surface area contributed by atoms with Crippen LogP contribution in [0.1, 0.15) is 59.3 Å².